The first-order valence-electron chi connectivity index (χ1n) is 10.1. The lowest BCUT2D eigenvalue weighted by molar-refractivity contribution is -0.148. The van der Waals surface area contributed by atoms with Gasteiger partial charge in [-0.25, -0.2) is 0 Å². The van der Waals surface area contributed by atoms with Gasteiger partial charge in [-0.3, -0.25) is 9.59 Å². The summed E-state index contributed by atoms with van der Waals surface area (Å²) in [4.78, 5) is 23.8. The fourth-order valence-corrected chi connectivity index (χ4v) is 6.41. The van der Waals surface area contributed by atoms with E-state index in [4.69, 9.17) is 4.74 Å². The summed E-state index contributed by atoms with van der Waals surface area (Å²) >= 11 is 0. The van der Waals surface area contributed by atoms with Gasteiger partial charge in [-0.2, -0.15) is 0 Å². The summed E-state index contributed by atoms with van der Waals surface area (Å²) in [7, 11) is 0. The van der Waals surface area contributed by atoms with Crippen LogP contribution in [-0.2, 0) is 14.3 Å². The highest BCUT2D eigenvalue weighted by Gasteiger charge is 2.56. The van der Waals surface area contributed by atoms with Crippen molar-refractivity contribution in [1.82, 2.24) is 0 Å². The van der Waals surface area contributed by atoms with E-state index in [1.165, 1.54) is 18.9 Å². The number of esters is 1. The Morgan fingerprint density at radius 2 is 2.04 bits per heavy atom. The molecule has 0 saturated heterocycles. The summed E-state index contributed by atoms with van der Waals surface area (Å²) in [6.07, 6.45) is 16.1. The van der Waals surface area contributed by atoms with Gasteiger partial charge in [-0.05, 0) is 61.3 Å². The van der Waals surface area contributed by atoms with Crippen LogP contribution in [0.2, 0.25) is 0 Å². The summed E-state index contributed by atoms with van der Waals surface area (Å²) in [6.45, 7) is 6.03. The molecule has 4 aliphatic rings. The Bertz CT molecular complexity index is 728. The van der Waals surface area contributed by atoms with Crippen molar-refractivity contribution in [2.45, 2.75) is 59.3 Å². The van der Waals surface area contributed by atoms with E-state index in [1.807, 2.05) is 0 Å². The summed E-state index contributed by atoms with van der Waals surface area (Å²) < 4.78 is 5.01. The number of Topliss-reactive ketones (excluding diaryl/α,β-unsaturated/α-hetero) is 1. The topological polar surface area (TPSA) is 43.4 Å². The smallest absolute Gasteiger partial charge is 0.303 e. The van der Waals surface area contributed by atoms with Gasteiger partial charge >= 0.3 is 5.97 Å². The van der Waals surface area contributed by atoms with Gasteiger partial charge in [0.15, 0.2) is 5.78 Å². The molecule has 0 spiro atoms. The molecule has 4 aliphatic carbocycles. The van der Waals surface area contributed by atoms with Crippen molar-refractivity contribution in [2.24, 2.45) is 28.6 Å². The van der Waals surface area contributed by atoms with Crippen LogP contribution in [0, 0.1) is 28.6 Å². The molecular weight excluding hydrogens is 324 g/mol. The third-order valence-corrected chi connectivity index (χ3v) is 7.84. The first-order chi connectivity index (χ1) is 12.4. The number of hydrogen-bond donors (Lipinski definition) is 0. The second-order valence-corrected chi connectivity index (χ2v) is 9.13. The number of fused-ring (bicyclic) bond motifs is 5. The predicted octanol–water partition coefficient (Wildman–Crippen LogP) is 4.78. The highest BCUT2D eigenvalue weighted by Crippen LogP contribution is 2.63. The molecule has 5 atom stereocenters. The van der Waals surface area contributed by atoms with Crippen LogP contribution in [0.25, 0.3) is 0 Å². The Balaban J connectivity index is 1.61. The molecule has 0 aromatic heterocycles. The molecule has 0 aromatic carbocycles. The van der Waals surface area contributed by atoms with Crippen LogP contribution in [0.5, 0.6) is 0 Å². The minimum absolute atomic E-state index is 0.0115. The lowest BCUT2D eigenvalue weighted by Gasteiger charge is -2.52. The van der Waals surface area contributed by atoms with Crippen molar-refractivity contribution in [3.63, 3.8) is 0 Å². The number of ether oxygens (including phenoxy) is 1. The summed E-state index contributed by atoms with van der Waals surface area (Å²) in [5, 5.41) is 0. The maximum Gasteiger partial charge on any atom is 0.303 e. The van der Waals surface area contributed by atoms with Gasteiger partial charge < -0.3 is 4.74 Å². The Morgan fingerprint density at radius 1 is 1.23 bits per heavy atom. The highest BCUT2D eigenvalue weighted by atomic mass is 16.5. The summed E-state index contributed by atoms with van der Waals surface area (Å²) in [5.74, 6) is 0.900. The van der Waals surface area contributed by atoms with Crippen LogP contribution in [0.3, 0.4) is 0 Å². The van der Waals surface area contributed by atoms with Crippen LogP contribution in [-0.4, -0.2) is 18.4 Å². The Morgan fingerprint density at radius 3 is 2.81 bits per heavy atom. The van der Waals surface area contributed by atoms with Crippen LogP contribution in [0.4, 0.5) is 0 Å². The number of carbonyl (C=O) groups excluding carboxylic acids is 2. The second kappa shape index (κ2) is 6.21. The summed E-state index contributed by atoms with van der Waals surface area (Å²) in [5.41, 5.74) is 3.33. The molecule has 1 saturated carbocycles. The van der Waals surface area contributed by atoms with Gasteiger partial charge in [-0.1, -0.05) is 43.7 Å². The van der Waals surface area contributed by atoms with Crippen LogP contribution in [0.1, 0.15) is 59.3 Å². The van der Waals surface area contributed by atoms with E-state index in [0.29, 0.717) is 11.8 Å². The average Bonchev–Trinajstić information content (AvgIpc) is 2.96. The van der Waals surface area contributed by atoms with Crippen molar-refractivity contribution in [1.29, 1.82) is 0 Å². The Hall–Kier alpha value is -1.64. The zero-order valence-electron chi connectivity index (χ0n) is 16.2. The molecule has 26 heavy (non-hydrogen) atoms. The maximum atomic E-state index is 12.7. The van der Waals surface area contributed by atoms with Crippen LogP contribution >= 0.6 is 0 Å². The van der Waals surface area contributed by atoms with Crippen LogP contribution in [0.15, 0.2) is 35.5 Å². The normalized spacial score (nSPS) is 40.7. The predicted molar refractivity (Wildman–Crippen MR) is 101 cm³/mol. The van der Waals surface area contributed by atoms with Gasteiger partial charge in [0, 0.05) is 18.3 Å². The number of hydrogen-bond acceptors (Lipinski definition) is 3. The third kappa shape index (κ3) is 2.54. The fourth-order valence-electron chi connectivity index (χ4n) is 6.41. The number of rotatable bonds is 3. The molecule has 140 valence electrons. The van der Waals surface area contributed by atoms with E-state index >= 15 is 0 Å². The van der Waals surface area contributed by atoms with Gasteiger partial charge in [0.05, 0.1) is 0 Å². The maximum absolute atomic E-state index is 12.7. The highest BCUT2D eigenvalue weighted by molar-refractivity contribution is 5.85. The number of ketones is 1. The Labute approximate surface area is 156 Å². The average molecular weight is 354 g/mol. The first-order valence-corrected chi connectivity index (χ1v) is 10.1. The molecule has 4 rings (SSSR count). The molecule has 0 amide bonds. The molecule has 0 aliphatic heterocycles. The Kier molecular flexibility index (Phi) is 4.24. The molecular formula is C23H30O3. The van der Waals surface area contributed by atoms with Crippen molar-refractivity contribution in [2.75, 3.05) is 6.61 Å². The van der Waals surface area contributed by atoms with Gasteiger partial charge in [0.25, 0.3) is 0 Å². The first kappa shape index (κ1) is 17.8. The second-order valence-electron chi connectivity index (χ2n) is 9.13. The van der Waals surface area contributed by atoms with Crippen molar-refractivity contribution >= 4 is 11.8 Å². The molecule has 1 fully saturated rings. The third-order valence-electron chi connectivity index (χ3n) is 7.84. The molecule has 0 unspecified atom stereocenters. The van der Waals surface area contributed by atoms with Crippen molar-refractivity contribution in [3.05, 3.63) is 35.5 Å². The molecule has 0 heterocycles. The van der Waals surface area contributed by atoms with E-state index in [9.17, 15) is 9.59 Å². The minimum atomic E-state index is -0.368. The zero-order chi connectivity index (χ0) is 18.5. The van der Waals surface area contributed by atoms with E-state index in [1.54, 1.807) is 5.57 Å². The van der Waals surface area contributed by atoms with Crippen molar-refractivity contribution < 1.29 is 14.3 Å². The quantitative estimate of drug-likeness (QED) is 0.541. The number of carbonyl (C=O) groups is 2. The molecule has 3 heteroatoms. The zero-order valence-corrected chi connectivity index (χ0v) is 16.2. The van der Waals surface area contributed by atoms with Gasteiger partial charge in [0.2, 0.25) is 0 Å². The SMILES string of the molecule is CC(=O)OCC(=O)[C@H]1CC[C@H]2[C@@H]3CC=C4C=CCC[C@]4(C)C3=CC[C@]12C. The standard InChI is InChI=1S/C23H30O3/c1-15(24)26-14-21(25)20-10-9-18-17-8-7-16-6-4-5-12-22(16,2)19(17)11-13-23(18,20)3/h4,6-7,11,17-18,20H,5,8-10,12-14H2,1-3H3/t17-,18-,20+,22-,23-/m0/s1. The lowest BCUT2D eigenvalue weighted by atomic mass is 9.52. The van der Waals surface area contributed by atoms with E-state index in [0.717, 1.165) is 32.1 Å². The number of allylic oxidation sites excluding steroid dienone is 6. The summed E-state index contributed by atoms with van der Waals surface area (Å²) in [6, 6.07) is 0. The molecule has 0 bridgehead atoms. The molecule has 0 N–H and O–H groups in total. The minimum Gasteiger partial charge on any atom is -0.458 e. The van der Waals surface area contributed by atoms with Gasteiger partial charge in [0.1, 0.15) is 6.61 Å². The van der Waals surface area contributed by atoms with Gasteiger partial charge in [-0.15, -0.1) is 0 Å². The molecule has 3 nitrogen and oxygen atoms in total. The lowest BCUT2D eigenvalue weighted by Crippen LogP contribution is -2.44. The largest absolute Gasteiger partial charge is 0.458 e. The molecule has 0 aromatic rings. The van der Waals surface area contributed by atoms with E-state index < -0.39 is 0 Å². The molecule has 0 radical (unpaired) electrons. The van der Waals surface area contributed by atoms with E-state index in [2.05, 4.69) is 38.2 Å². The van der Waals surface area contributed by atoms with Crippen LogP contribution < -0.4 is 0 Å². The van der Waals surface area contributed by atoms with Crippen molar-refractivity contribution in [3.8, 4) is 0 Å². The van der Waals surface area contributed by atoms with E-state index in [-0.39, 0.29) is 35.1 Å². The fraction of sp³-hybridized carbons (Fsp3) is 0.652. The monoisotopic (exact) mass is 354 g/mol.